The van der Waals surface area contributed by atoms with E-state index in [0.717, 1.165) is 67.3 Å². The van der Waals surface area contributed by atoms with Crippen LogP contribution in [-0.2, 0) is 4.79 Å². The molecule has 3 unspecified atom stereocenters. The zero-order valence-electron chi connectivity index (χ0n) is 22.7. The van der Waals surface area contributed by atoms with Crippen molar-refractivity contribution >= 4 is 58.6 Å². The van der Waals surface area contributed by atoms with Crippen molar-refractivity contribution < 1.29 is 9.90 Å². The smallest absolute Gasteiger partial charge is 0.304 e. The number of aromatic nitrogens is 4. The van der Waals surface area contributed by atoms with Crippen molar-refractivity contribution in [2.75, 3.05) is 37.6 Å². The molecule has 4 heterocycles. The van der Waals surface area contributed by atoms with Crippen LogP contribution in [0.15, 0.2) is 24.4 Å². The second-order valence-corrected chi connectivity index (χ2v) is 11.8. The van der Waals surface area contributed by atoms with Gasteiger partial charge >= 0.3 is 5.97 Å². The minimum Gasteiger partial charge on any atom is -0.481 e. The highest BCUT2D eigenvalue weighted by atomic mass is 35.5. The van der Waals surface area contributed by atoms with E-state index >= 15 is 0 Å². The molecule has 2 aromatic heterocycles. The van der Waals surface area contributed by atoms with Gasteiger partial charge in [0.15, 0.2) is 5.65 Å². The monoisotopic (exact) mass is 594 g/mol. The molecular weight excluding hydrogens is 559 g/mol. The van der Waals surface area contributed by atoms with Gasteiger partial charge in [-0.25, -0.2) is 14.6 Å². The van der Waals surface area contributed by atoms with Crippen molar-refractivity contribution in [1.82, 2.24) is 24.6 Å². The summed E-state index contributed by atoms with van der Waals surface area (Å²) in [5.74, 6) is 1.94. The van der Waals surface area contributed by atoms with Gasteiger partial charge in [-0.15, -0.1) is 12.4 Å². The molecule has 3 aromatic rings. The first kappa shape index (κ1) is 29.8. The van der Waals surface area contributed by atoms with Crippen LogP contribution in [0.4, 0.5) is 5.82 Å². The highest BCUT2D eigenvalue weighted by Crippen LogP contribution is 2.37. The topological polar surface area (TPSA) is 87.4 Å². The van der Waals surface area contributed by atoms with E-state index in [1.165, 1.54) is 6.42 Å². The predicted octanol–water partition coefficient (Wildman–Crippen LogP) is 6.12. The van der Waals surface area contributed by atoms with Gasteiger partial charge in [-0.3, -0.25) is 4.79 Å². The van der Waals surface area contributed by atoms with Gasteiger partial charge in [0, 0.05) is 36.2 Å². The van der Waals surface area contributed by atoms with E-state index in [9.17, 15) is 4.79 Å². The maximum atomic E-state index is 11.0. The Kier molecular flexibility index (Phi) is 9.63. The number of likely N-dealkylation sites (tertiary alicyclic amines) is 1. The Morgan fingerprint density at radius 2 is 2.00 bits per heavy atom. The molecule has 0 radical (unpaired) electrons. The first-order valence-corrected chi connectivity index (χ1v) is 14.3. The Labute approximate surface area is 246 Å². The lowest BCUT2D eigenvalue weighted by atomic mass is 9.74. The molecular formula is C28H37Cl3N6O2. The van der Waals surface area contributed by atoms with Crippen LogP contribution in [0.3, 0.4) is 0 Å². The van der Waals surface area contributed by atoms with Gasteiger partial charge in [0.2, 0.25) is 0 Å². The number of hydrogen-bond donors (Lipinski definition) is 1. The highest BCUT2D eigenvalue weighted by Gasteiger charge is 2.35. The number of anilines is 1. The molecule has 0 aliphatic carbocycles. The molecule has 5 rings (SSSR count). The second kappa shape index (κ2) is 12.6. The van der Waals surface area contributed by atoms with Gasteiger partial charge in [0.25, 0.3) is 0 Å². The van der Waals surface area contributed by atoms with Crippen LogP contribution < -0.4 is 4.90 Å². The van der Waals surface area contributed by atoms with Crippen LogP contribution in [0.5, 0.6) is 0 Å². The number of carboxylic acid groups (broad SMARTS) is 1. The molecule has 2 fully saturated rings. The van der Waals surface area contributed by atoms with E-state index in [-0.39, 0.29) is 24.9 Å². The minimum absolute atomic E-state index is 0. The SMILES string of the molecule is Cc1nn([C@H](C)c2ccc(Cl)cc2Cl)c2nc(N3CCC(C4CCCN(CCC(=O)O)C4)C(C)C3)cnc12.Cl. The van der Waals surface area contributed by atoms with Gasteiger partial charge in [0.05, 0.1) is 24.4 Å². The Morgan fingerprint density at radius 1 is 1.21 bits per heavy atom. The zero-order chi connectivity index (χ0) is 27.0. The number of piperidine rings is 2. The Balaban J connectivity index is 0.00000353. The third-order valence-corrected chi connectivity index (χ3v) is 8.99. The summed E-state index contributed by atoms with van der Waals surface area (Å²) in [4.78, 5) is 25.6. The summed E-state index contributed by atoms with van der Waals surface area (Å²) in [5.41, 5.74) is 3.34. The van der Waals surface area contributed by atoms with Crippen LogP contribution >= 0.6 is 35.6 Å². The molecule has 39 heavy (non-hydrogen) atoms. The fraction of sp³-hybridized carbons (Fsp3) is 0.571. The molecule has 8 nitrogen and oxygen atoms in total. The predicted molar refractivity (Wildman–Crippen MR) is 158 cm³/mol. The number of nitrogens with zero attached hydrogens (tertiary/aromatic N) is 6. The molecule has 1 N–H and O–H groups in total. The molecule has 0 bridgehead atoms. The molecule has 4 atom stereocenters. The fourth-order valence-electron chi connectivity index (χ4n) is 6.41. The number of aryl methyl sites for hydroxylation is 1. The van der Waals surface area contributed by atoms with Crippen molar-refractivity contribution in [2.24, 2.45) is 17.8 Å². The third kappa shape index (κ3) is 6.45. The lowest BCUT2D eigenvalue weighted by Crippen LogP contribution is -2.47. The van der Waals surface area contributed by atoms with Crippen LogP contribution in [0.1, 0.15) is 56.8 Å². The number of rotatable bonds is 7. The van der Waals surface area contributed by atoms with E-state index in [2.05, 4.69) is 23.6 Å². The van der Waals surface area contributed by atoms with E-state index < -0.39 is 5.97 Å². The average molecular weight is 596 g/mol. The van der Waals surface area contributed by atoms with E-state index in [1.54, 1.807) is 6.07 Å². The van der Waals surface area contributed by atoms with Crippen molar-refractivity contribution in [3.8, 4) is 0 Å². The maximum Gasteiger partial charge on any atom is 0.304 e. The zero-order valence-corrected chi connectivity index (χ0v) is 25.0. The second-order valence-electron chi connectivity index (χ2n) is 11.0. The molecule has 1 aromatic carbocycles. The lowest BCUT2D eigenvalue weighted by Gasteiger charge is -2.44. The Hall–Kier alpha value is -2.13. The van der Waals surface area contributed by atoms with E-state index in [4.69, 9.17) is 43.4 Å². The third-order valence-electron chi connectivity index (χ3n) is 8.42. The molecule has 0 spiro atoms. The first-order valence-electron chi connectivity index (χ1n) is 13.6. The van der Waals surface area contributed by atoms with Crippen molar-refractivity contribution in [3.63, 3.8) is 0 Å². The Morgan fingerprint density at radius 3 is 2.72 bits per heavy atom. The number of carboxylic acids is 1. The summed E-state index contributed by atoms with van der Waals surface area (Å²) >= 11 is 12.6. The number of aliphatic carboxylic acids is 1. The molecule has 212 valence electrons. The van der Waals surface area contributed by atoms with Crippen molar-refractivity contribution in [2.45, 2.75) is 52.5 Å². The molecule has 2 saturated heterocycles. The molecule has 0 amide bonds. The van der Waals surface area contributed by atoms with Gasteiger partial charge in [0.1, 0.15) is 11.3 Å². The van der Waals surface area contributed by atoms with Crippen LogP contribution in [0.25, 0.3) is 11.2 Å². The normalized spacial score (nSPS) is 23.0. The van der Waals surface area contributed by atoms with Gasteiger partial charge in [-0.1, -0.05) is 36.2 Å². The average Bonchev–Trinajstić information content (AvgIpc) is 3.23. The fourth-order valence-corrected chi connectivity index (χ4v) is 6.97. The number of hydrogen-bond acceptors (Lipinski definition) is 6. The molecule has 0 saturated carbocycles. The van der Waals surface area contributed by atoms with Crippen LogP contribution in [-0.4, -0.2) is 68.4 Å². The van der Waals surface area contributed by atoms with Crippen molar-refractivity contribution in [1.29, 1.82) is 0 Å². The summed E-state index contributed by atoms with van der Waals surface area (Å²) in [6, 6.07) is 5.42. The summed E-state index contributed by atoms with van der Waals surface area (Å²) in [5, 5.41) is 15.1. The first-order chi connectivity index (χ1) is 18.2. The standard InChI is InChI=1S/C28H36Cl2N6O2.ClH/c1-17-15-35(12-8-22(17)20-5-4-10-34(16-20)11-9-26(37)38)25-14-31-27-18(2)33-36(28(27)32-25)19(3)23-7-6-21(29)13-24(23)30;/h6-7,13-14,17,19-20,22H,4-5,8-12,15-16H2,1-3H3,(H,37,38);1H/t17?,19-,20?,22?;/m1./s1. The summed E-state index contributed by atoms with van der Waals surface area (Å²) < 4.78 is 1.92. The number of benzene rings is 1. The van der Waals surface area contributed by atoms with Gasteiger partial charge in [-0.05, 0) is 75.1 Å². The van der Waals surface area contributed by atoms with Gasteiger partial charge < -0.3 is 14.9 Å². The molecule has 2 aliphatic rings. The summed E-state index contributed by atoms with van der Waals surface area (Å²) in [6.07, 6.45) is 5.59. The highest BCUT2D eigenvalue weighted by molar-refractivity contribution is 6.35. The van der Waals surface area contributed by atoms with E-state index in [1.807, 2.05) is 29.9 Å². The Bertz CT molecular complexity index is 1320. The number of fused-ring (bicyclic) bond motifs is 1. The molecule has 2 aliphatic heterocycles. The van der Waals surface area contributed by atoms with Crippen LogP contribution in [0, 0.1) is 24.7 Å². The summed E-state index contributed by atoms with van der Waals surface area (Å²) in [7, 11) is 0. The number of halogens is 3. The lowest BCUT2D eigenvalue weighted by molar-refractivity contribution is -0.137. The van der Waals surface area contributed by atoms with Crippen molar-refractivity contribution in [3.05, 3.63) is 45.7 Å². The van der Waals surface area contributed by atoms with Gasteiger partial charge in [-0.2, -0.15) is 5.10 Å². The van der Waals surface area contributed by atoms with E-state index in [0.29, 0.717) is 34.3 Å². The largest absolute Gasteiger partial charge is 0.481 e. The summed E-state index contributed by atoms with van der Waals surface area (Å²) in [6.45, 7) is 10.9. The quantitative estimate of drug-likeness (QED) is 0.352. The van der Waals surface area contributed by atoms with Crippen LogP contribution in [0.2, 0.25) is 10.0 Å². The molecule has 11 heteroatoms. The maximum absolute atomic E-state index is 11.0. The minimum atomic E-state index is -0.714. The number of carbonyl (C=O) groups is 1.